The Morgan fingerprint density at radius 2 is 1.85 bits per heavy atom. The van der Waals surface area contributed by atoms with Gasteiger partial charge in [0.25, 0.3) is 0 Å². The minimum atomic E-state index is -0.724. The number of benzene rings is 1. The number of carbonyl (C=O) groups excluding carboxylic acids is 1. The normalized spacial score (nSPS) is 17.9. The Morgan fingerprint density at radius 1 is 1.12 bits per heavy atom. The molecule has 2 aromatic heterocycles. The van der Waals surface area contributed by atoms with E-state index in [4.69, 9.17) is 16.3 Å². The maximum Gasteiger partial charge on any atom is 0.341 e. The number of hydrazone groups is 1. The van der Waals surface area contributed by atoms with E-state index in [0.717, 1.165) is 12.3 Å². The van der Waals surface area contributed by atoms with Crippen LogP contribution in [0.2, 0.25) is 5.02 Å². The Balaban J connectivity index is 1.25. The van der Waals surface area contributed by atoms with E-state index < -0.39 is 35.6 Å². The third kappa shape index (κ3) is 4.07. The molecular formula is C22H18ClF3N6O2. The zero-order chi connectivity index (χ0) is 24.0. The van der Waals surface area contributed by atoms with Gasteiger partial charge in [0.1, 0.15) is 23.4 Å². The van der Waals surface area contributed by atoms with Crippen molar-refractivity contribution in [2.75, 3.05) is 13.1 Å². The summed E-state index contributed by atoms with van der Waals surface area (Å²) in [7, 11) is 1.69. The molecule has 1 aromatic carbocycles. The number of urea groups is 1. The fourth-order valence-corrected chi connectivity index (χ4v) is 4.24. The van der Waals surface area contributed by atoms with Crippen LogP contribution in [0.15, 0.2) is 41.8 Å². The molecule has 0 spiro atoms. The van der Waals surface area contributed by atoms with Gasteiger partial charge in [0.15, 0.2) is 11.6 Å². The van der Waals surface area contributed by atoms with Gasteiger partial charge in [-0.05, 0) is 17.7 Å². The Hall–Kier alpha value is -3.60. The molecule has 0 N–H and O–H groups in total. The maximum atomic E-state index is 14.3. The lowest BCUT2D eigenvalue weighted by molar-refractivity contribution is 0.0256. The second kappa shape index (κ2) is 8.64. The average Bonchev–Trinajstić information content (AvgIpc) is 3.37. The van der Waals surface area contributed by atoms with Crippen molar-refractivity contribution in [3.63, 3.8) is 0 Å². The van der Waals surface area contributed by atoms with Crippen molar-refractivity contribution in [3.05, 3.63) is 64.7 Å². The number of nitrogens with zero attached hydrogens (tertiary/aromatic N) is 6. The third-order valence-electron chi connectivity index (χ3n) is 5.66. The zero-order valence-electron chi connectivity index (χ0n) is 17.8. The van der Waals surface area contributed by atoms with E-state index >= 15 is 0 Å². The number of carbonyl (C=O) groups is 1. The second-order valence-corrected chi connectivity index (χ2v) is 8.40. The minimum Gasteiger partial charge on any atom is -0.483 e. The lowest BCUT2D eigenvalue weighted by Crippen LogP contribution is -2.58. The van der Waals surface area contributed by atoms with Crippen LogP contribution < -0.4 is 4.74 Å². The van der Waals surface area contributed by atoms with E-state index in [1.54, 1.807) is 7.05 Å². The van der Waals surface area contributed by atoms with Crippen molar-refractivity contribution in [2.24, 2.45) is 12.1 Å². The van der Waals surface area contributed by atoms with Crippen LogP contribution in [0.3, 0.4) is 0 Å². The summed E-state index contributed by atoms with van der Waals surface area (Å²) in [5.41, 5.74) is 1.23. The Labute approximate surface area is 197 Å². The van der Waals surface area contributed by atoms with Crippen LogP contribution in [0.25, 0.3) is 11.4 Å². The highest BCUT2D eigenvalue weighted by Gasteiger charge is 2.39. The topological polar surface area (TPSA) is 75.8 Å². The van der Waals surface area contributed by atoms with Gasteiger partial charge in [0.05, 0.1) is 42.2 Å². The summed E-state index contributed by atoms with van der Waals surface area (Å²) in [5, 5.41) is 9.69. The Kier molecular flexibility index (Phi) is 5.64. The first-order valence-corrected chi connectivity index (χ1v) is 10.7. The molecule has 34 heavy (non-hydrogen) atoms. The molecule has 1 saturated heterocycles. The van der Waals surface area contributed by atoms with Crippen molar-refractivity contribution in [3.8, 4) is 17.1 Å². The highest BCUT2D eigenvalue weighted by atomic mass is 35.5. The van der Waals surface area contributed by atoms with E-state index in [1.165, 1.54) is 45.2 Å². The summed E-state index contributed by atoms with van der Waals surface area (Å²) < 4.78 is 48.9. The van der Waals surface area contributed by atoms with Gasteiger partial charge in [-0.25, -0.2) is 23.0 Å². The van der Waals surface area contributed by atoms with Crippen LogP contribution in [0.5, 0.6) is 5.75 Å². The summed E-state index contributed by atoms with van der Waals surface area (Å²) in [5.74, 6) is -2.12. The molecule has 2 aliphatic rings. The number of rotatable bonds is 4. The van der Waals surface area contributed by atoms with Crippen LogP contribution in [0.4, 0.5) is 18.0 Å². The molecule has 8 nitrogen and oxygen atoms in total. The first-order chi connectivity index (χ1) is 16.3. The van der Waals surface area contributed by atoms with Crippen LogP contribution >= 0.6 is 11.6 Å². The molecule has 3 aromatic rings. The zero-order valence-corrected chi connectivity index (χ0v) is 18.6. The number of aryl methyl sites for hydroxylation is 1. The number of likely N-dealkylation sites (tertiary alicyclic amines) is 1. The summed E-state index contributed by atoms with van der Waals surface area (Å²) in [6.07, 6.45) is 3.91. The molecule has 176 valence electrons. The van der Waals surface area contributed by atoms with Crippen molar-refractivity contribution in [1.82, 2.24) is 24.7 Å². The van der Waals surface area contributed by atoms with Crippen molar-refractivity contribution in [2.45, 2.75) is 18.6 Å². The van der Waals surface area contributed by atoms with Gasteiger partial charge in [-0.15, -0.1) is 0 Å². The van der Waals surface area contributed by atoms with E-state index in [0.29, 0.717) is 28.4 Å². The maximum absolute atomic E-state index is 14.3. The molecule has 0 radical (unpaired) electrons. The van der Waals surface area contributed by atoms with Crippen LogP contribution in [-0.4, -0.2) is 56.1 Å². The fourth-order valence-electron chi connectivity index (χ4n) is 3.98. The van der Waals surface area contributed by atoms with E-state index in [-0.39, 0.29) is 18.8 Å². The third-order valence-corrected chi connectivity index (χ3v) is 5.94. The van der Waals surface area contributed by atoms with E-state index in [2.05, 4.69) is 15.2 Å². The van der Waals surface area contributed by atoms with Gasteiger partial charge in [-0.2, -0.15) is 10.2 Å². The highest BCUT2D eigenvalue weighted by molar-refractivity contribution is 6.32. The minimum absolute atomic E-state index is 0.0216. The first kappa shape index (κ1) is 22.2. The number of pyridine rings is 1. The van der Waals surface area contributed by atoms with Crippen LogP contribution in [0, 0.1) is 17.5 Å². The Bertz CT molecular complexity index is 1250. The number of ether oxygens (including phenoxy) is 1. The lowest BCUT2D eigenvalue weighted by Gasteiger charge is -2.41. The molecule has 1 fully saturated rings. The monoisotopic (exact) mass is 490 g/mol. The summed E-state index contributed by atoms with van der Waals surface area (Å²) in [6, 6.07) is 3.53. The molecule has 2 amide bonds. The molecule has 0 saturated carbocycles. The van der Waals surface area contributed by atoms with Crippen molar-refractivity contribution < 1.29 is 22.7 Å². The predicted octanol–water partition coefficient (Wildman–Crippen LogP) is 4.17. The highest BCUT2D eigenvalue weighted by Crippen LogP contribution is 2.33. The van der Waals surface area contributed by atoms with Gasteiger partial charge >= 0.3 is 6.03 Å². The van der Waals surface area contributed by atoms with E-state index in [1.807, 2.05) is 0 Å². The van der Waals surface area contributed by atoms with Gasteiger partial charge in [-0.1, -0.05) is 11.6 Å². The number of hydrogen-bond donors (Lipinski definition) is 0. The quantitative estimate of drug-likeness (QED) is 0.550. The molecule has 0 aliphatic carbocycles. The molecular weight excluding hydrogens is 473 g/mol. The summed E-state index contributed by atoms with van der Waals surface area (Å²) >= 11 is 6.15. The van der Waals surface area contributed by atoms with Gasteiger partial charge in [0, 0.05) is 31.8 Å². The first-order valence-electron chi connectivity index (χ1n) is 10.4. The lowest BCUT2D eigenvalue weighted by atomic mass is 10.0. The molecule has 4 heterocycles. The number of amides is 2. The van der Waals surface area contributed by atoms with Crippen LogP contribution in [0.1, 0.15) is 18.0 Å². The summed E-state index contributed by atoms with van der Waals surface area (Å²) in [4.78, 5) is 18.4. The van der Waals surface area contributed by atoms with E-state index in [9.17, 15) is 18.0 Å². The van der Waals surface area contributed by atoms with Gasteiger partial charge in [0.2, 0.25) is 0 Å². The largest absolute Gasteiger partial charge is 0.483 e. The average molecular weight is 491 g/mol. The Morgan fingerprint density at radius 3 is 2.53 bits per heavy atom. The van der Waals surface area contributed by atoms with Gasteiger partial charge < -0.3 is 9.64 Å². The molecule has 5 rings (SSSR count). The number of halogens is 4. The molecule has 12 heteroatoms. The number of hydrogen-bond acceptors (Lipinski definition) is 5. The number of aromatic nitrogens is 3. The van der Waals surface area contributed by atoms with Gasteiger partial charge in [-0.3, -0.25) is 9.67 Å². The second-order valence-electron chi connectivity index (χ2n) is 7.99. The predicted molar refractivity (Wildman–Crippen MR) is 117 cm³/mol. The summed E-state index contributed by atoms with van der Waals surface area (Å²) in [6.45, 7) is 0.386. The molecule has 2 aliphatic heterocycles. The molecule has 0 bridgehead atoms. The van der Waals surface area contributed by atoms with Crippen molar-refractivity contribution in [1.29, 1.82) is 0 Å². The van der Waals surface area contributed by atoms with Crippen molar-refractivity contribution >= 4 is 23.8 Å². The van der Waals surface area contributed by atoms with Crippen LogP contribution in [-0.2, 0) is 7.05 Å². The fraction of sp³-hybridized carbons (Fsp3) is 0.273. The SMILES string of the molecule is Cn1ncc(Cl)c1-c1cc(OC2CN(C(=O)N3N=CC[C@H]3c3cc(F)cc(F)c3)C2)c(F)cn1. The molecule has 1 atom stereocenters. The standard InChI is InChI=1S/C22H18ClF3N6O2/c1-30-21(16(23)8-29-30)18-7-20(17(26)9-27-18)34-15-10-31(11-15)22(33)32-19(2-3-28-32)12-4-13(24)6-14(25)5-12/h3-9,15,19H,2,10-11H2,1H3/t19-/m0/s1. The smallest absolute Gasteiger partial charge is 0.341 e. The molecule has 0 unspecified atom stereocenters.